The topological polar surface area (TPSA) is 38.1 Å². The van der Waals surface area contributed by atoms with Gasteiger partial charge in [-0.15, -0.1) is 0 Å². The minimum Gasteiger partial charge on any atom is -0.382 e. The van der Waals surface area contributed by atoms with Crippen molar-refractivity contribution in [2.24, 2.45) is 0 Å². The molecule has 0 saturated carbocycles. The lowest BCUT2D eigenvalue weighted by molar-refractivity contribution is 0.395. The maximum atomic E-state index is 4.92. The molecule has 0 amide bonds. The fraction of sp³-hybridized carbons (Fsp3) is 0.444. The van der Waals surface area contributed by atoms with Crippen LogP contribution in [0.15, 0.2) is 17.2 Å². The van der Waals surface area contributed by atoms with Crippen LogP contribution in [0.4, 0.5) is 0 Å². The highest BCUT2D eigenvalue weighted by molar-refractivity contribution is 5.57. The second-order valence-electron chi connectivity index (χ2n) is 3.10. The fourth-order valence-corrected chi connectivity index (χ4v) is 0.931. The summed E-state index contributed by atoms with van der Waals surface area (Å²) in [5.41, 5.74) is 1.59. The molecule has 0 bridgehead atoms. The summed E-state index contributed by atoms with van der Waals surface area (Å²) in [6, 6.07) is 2.23. The van der Waals surface area contributed by atoms with Crippen molar-refractivity contribution >= 4 is 5.70 Å². The zero-order valence-corrected chi connectivity index (χ0v) is 7.72. The standard InChI is InChI=1S/C9H14N2O/c1-6(2)10-8(4)9-5-7(3)12-11-9/h5-6,10H,4H2,1-3H3. The van der Waals surface area contributed by atoms with Crippen molar-refractivity contribution in [3.05, 3.63) is 24.1 Å². The van der Waals surface area contributed by atoms with E-state index in [1.54, 1.807) is 0 Å². The molecular formula is C9H14N2O. The highest BCUT2D eigenvalue weighted by Crippen LogP contribution is 2.09. The van der Waals surface area contributed by atoms with Crippen LogP contribution in [-0.4, -0.2) is 11.2 Å². The van der Waals surface area contributed by atoms with Crippen LogP contribution >= 0.6 is 0 Å². The van der Waals surface area contributed by atoms with Crippen LogP contribution in [0.25, 0.3) is 5.70 Å². The van der Waals surface area contributed by atoms with E-state index in [0.717, 1.165) is 17.2 Å². The van der Waals surface area contributed by atoms with Crippen LogP contribution in [-0.2, 0) is 0 Å². The van der Waals surface area contributed by atoms with E-state index in [2.05, 4.69) is 30.9 Å². The van der Waals surface area contributed by atoms with Gasteiger partial charge >= 0.3 is 0 Å². The Kier molecular flexibility index (Phi) is 2.53. The molecule has 1 aromatic rings. The average molecular weight is 166 g/mol. The molecule has 0 fully saturated rings. The van der Waals surface area contributed by atoms with Gasteiger partial charge in [-0.05, 0) is 20.8 Å². The Balaban J connectivity index is 2.65. The highest BCUT2D eigenvalue weighted by Gasteiger charge is 2.04. The molecule has 3 nitrogen and oxygen atoms in total. The van der Waals surface area contributed by atoms with Crippen LogP contribution in [0, 0.1) is 6.92 Å². The Bertz CT molecular complexity index is 276. The summed E-state index contributed by atoms with van der Waals surface area (Å²) in [6.07, 6.45) is 0. The molecule has 0 aliphatic rings. The summed E-state index contributed by atoms with van der Waals surface area (Å²) in [5.74, 6) is 0.803. The summed E-state index contributed by atoms with van der Waals surface area (Å²) in [4.78, 5) is 0. The van der Waals surface area contributed by atoms with Gasteiger partial charge in [-0.1, -0.05) is 11.7 Å². The van der Waals surface area contributed by atoms with Crippen LogP contribution < -0.4 is 5.32 Å². The smallest absolute Gasteiger partial charge is 0.134 e. The third kappa shape index (κ3) is 2.12. The van der Waals surface area contributed by atoms with Crippen molar-refractivity contribution in [2.45, 2.75) is 26.8 Å². The zero-order chi connectivity index (χ0) is 9.14. The fourth-order valence-electron chi connectivity index (χ4n) is 0.931. The second kappa shape index (κ2) is 3.43. The first-order chi connectivity index (χ1) is 5.59. The van der Waals surface area contributed by atoms with Gasteiger partial charge in [0.1, 0.15) is 11.5 Å². The Hall–Kier alpha value is -1.25. The van der Waals surface area contributed by atoms with Crippen molar-refractivity contribution < 1.29 is 4.52 Å². The van der Waals surface area contributed by atoms with Crippen molar-refractivity contribution in [2.75, 3.05) is 0 Å². The van der Waals surface area contributed by atoms with Crippen molar-refractivity contribution in [1.29, 1.82) is 0 Å². The number of aromatic nitrogens is 1. The van der Waals surface area contributed by atoms with E-state index in [1.807, 2.05) is 13.0 Å². The molecule has 0 spiro atoms. The Labute approximate surface area is 72.4 Å². The normalized spacial score (nSPS) is 10.3. The first-order valence-electron chi connectivity index (χ1n) is 3.98. The van der Waals surface area contributed by atoms with Gasteiger partial charge in [-0.3, -0.25) is 0 Å². The molecule has 0 radical (unpaired) electrons. The Morgan fingerprint density at radius 1 is 1.67 bits per heavy atom. The van der Waals surface area contributed by atoms with Gasteiger partial charge in [0.05, 0.1) is 5.70 Å². The molecule has 1 heterocycles. The summed E-state index contributed by atoms with van der Waals surface area (Å²) in [5, 5.41) is 6.99. The minimum atomic E-state index is 0.370. The molecule has 0 aliphatic carbocycles. The van der Waals surface area contributed by atoms with Crippen LogP contribution in [0.3, 0.4) is 0 Å². The van der Waals surface area contributed by atoms with E-state index in [4.69, 9.17) is 4.52 Å². The summed E-state index contributed by atoms with van der Waals surface area (Å²) in [6.45, 7) is 9.81. The SMILES string of the molecule is C=C(NC(C)C)c1cc(C)on1. The predicted molar refractivity (Wildman–Crippen MR) is 48.5 cm³/mol. The molecule has 1 N–H and O–H groups in total. The lowest BCUT2D eigenvalue weighted by Crippen LogP contribution is -2.20. The predicted octanol–water partition coefficient (Wildman–Crippen LogP) is 1.95. The van der Waals surface area contributed by atoms with Gasteiger partial charge in [-0.25, -0.2) is 0 Å². The molecule has 0 unspecified atom stereocenters. The molecule has 3 heteroatoms. The maximum Gasteiger partial charge on any atom is 0.134 e. The average Bonchev–Trinajstić information content (AvgIpc) is 2.34. The molecule has 1 aromatic heterocycles. The Morgan fingerprint density at radius 2 is 2.33 bits per heavy atom. The number of aryl methyl sites for hydroxylation is 1. The molecule has 0 saturated heterocycles. The number of rotatable bonds is 3. The van der Waals surface area contributed by atoms with Gasteiger partial charge in [0, 0.05) is 12.1 Å². The van der Waals surface area contributed by atoms with E-state index in [9.17, 15) is 0 Å². The van der Waals surface area contributed by atoms with Crippen LogP contribution in [0.1, 0.15) is 25.3 Å². The van der Waals surface area contributed by atoms with Crippen molar-refractivity contribution in [1.82, 2.24) is 10.5 Å². The summed E-state index contributed by atoms with van der Waals surface area (Å²) < 4.78 is 4.92. The molecular weight excluding hydrogens is 152 g/mol. The van der Waals surface area contributed by atoms with E-state index < -0.39 is 0 Å². The lowest BCUT2D eigenvalue weighted by atomic mass is 10.3. The van der Waals surface area contributed by atoms with Crippen LogP contribution in [0.2, 0.25) is 0 Å². The van der Waals surface area contributed by atoms with E-state index >= 15 is 0 Å². The van der Waals surface area contributed by atoms with Gasteiger partial charge in [0.2, 0.25) is 0 Å². The van der Waals surface area contributed by atoms with Crippen molar-refractivity contribution in [3.8, 4) is 0 Å². The maximum absolute atomic E-state index is 4.92. The molecule has 1 rings (SSSR count). The monoisotopic (exact) mass is 166 g/mol. The summed E-state index contributed by atoms with van der Waals surface area (Å²) in [7, 11) is 0. The quantitative estimate of drug-likeness (QED) is 0.745. The third-order valence-electron chi connectivity index (χ3n) is 1.40. The number of hydrogen-bond acceptors (Lipinski definition) is 3. The number of nitrogens with one attached hydrogen (secondary N) is 1. The van der Waals surface area contributed by atoms with Gasteiger partial charge < -0.3 is 9.84 Å². The molecule has 12 heavy (non-hydrogen) atoms. The first-order valence-corrected chi connectivity index (χ1v) is 3.98. The lowest BCUT2D eigenvalue weighted by Gasteiger charge is -2.09. The summed E-state index contributed by atoms with van der Waals surface area (Å²) >= 11 is 0. The molecule has 0 atom stereocenters. The van der Waals surface area contributed by atoms with Crippen molar-refractivity contribution in [3.63, 3.8) is 0 Å². The van der Waals surface area contributed by atoms with Gasteiger partial charge in [0.25, 0.3) is 0 Å². The molecule has 66 valence electrons. The highest BCUT2D eigenvalue weighted by atomic mass is 16.5. The van der Waals surface area contributed by atoms with Crippen LogP contribution in [0.5, 0.6) is 0 Å². The molecule has 0 aromatic carbocycles. The molecule has 0 aliphatic heterocycles. The Morgan fingerprint density at radius 3 is 2.75 bits per heavy atom. The second-order valence-corrected chi connectivity index (χ2v) is 3.10. The van der Waals surface area contributed by atoms with Gasteiger partial charge in [0.15, 0.2) is 0 Å². The third-order valence-corrected chi connectivity index (χ3v) is 1.40. The largest absolute Gasteiger partial charge is 0.382 e. The number of nitrogens with zero attached hydrogens (tertiary/aromatic N) is 1. The van der Waals surface area contributed by atoms with E-state index in [-0.39, 0.29) is 0 Å². The zero-order valence-electron chi connectivity index (χ0n) is 7.72. The minimum absolute atomic E-state index is 0.370. The van der Waals surface area contributed by atoms with Gasteiger partial charge in [-0.2, -0.15) is 0 Å². The van der Waals surface area contributed by atoms with E-state index in [1.165, 1.54) is 0 Å². The van der Waals surface area contributed by atoms with E-state index in [0.29, 0.717) is 6.04 Å². The number of hydrogen-bond donors (Lipinski definition) is 1. The first kappa shape index (κ1) is 8.84.